The van der Waals surface area contributed by atoms with E-state index in [2.05, 4.69) is 148 Å². The Balaban J connectivity index is 4.55. The highest BCUT2D eigenvalue weighted by Crippen LogP contribution is 2.14. The Bertz CT molecular complexity index is 1580. The molecule has 0 fully saturated rings. The summed E-state index contributed by atoms with van der Waals surface area (Å²) < 4.78 is 16.8. The van der Waals surface area contributed by atoms with Gasteiger partial charge in [-0.3, -0.25) is 14.4 Å². The molecule has 0 amide bonds. The maximum Gasteiger partial charge on any atom is 0.306 e. The normalized spacial score (nSPS) is 13.1. The summed E-state index contributed by atoms with van der Waals surface area (Å²) in [5, 5.41) is 0. The van der Waals surface area contributed by atoms with E-state index in [4.69, 9.17) is 14.2 Å². The number of allylic oxidation sites excluding steroid dienone is 22. The van der Waals surface area contributed by atoms with E-state index in [1.165, 1.54) is 89.9 Å². The van der Waals surface area contributed by atoms with Crippen LogP contribution >= 0.6 is 0 Å². The number of carbonyl (C=O) groups is 3. The van der Waals surface area contributed by atoms with Crippen molar-refractivity contribution in [1.82, 2.24) is 0 Å². The Morgan fingerprint density at radius 2 is 0.562 bits per heavy atom. The van der Waals surface area contributed by atoms with E-state index in [1.54, 1.807) is 0 Å². The number of carbonyl (C=O) groups excluding carboxylic acids is 3. The second-order valence-electron chi connectivity index (χ2n) is 19.1. The van der Waals surface area contributed by atoms with Gasteiger partial charge in [-0.1, -0.05) is 244 Å². The van der Waals surface area contributed by atoms with Crippen LogP contribution in [0.3, 0.4) is 0 Å². The van der Waals surface area contributed by atoms with E-state index >= 15 is 0 Å². The molecule has 0 spiro atoms. The average molecular weight is 1010 g/mol. The summed E-state index contributed by atoms with van der Waals surface area (Å²) in [5.41, 5.74) is 0. The molecule has 0 saturated carbocycles. The van der Waals surface area contributed by atoms with E-state index in [-0.39, 0.29) is 37.5 Å². The number of unbranched alkanes of at least 4 members (excludes halogenated alkanes) is 19. The lowest BCUT2D eigenvalue weighted by Gasteiger charge is -2.18. The van der Waals surface area contributed by atoms with Gasteiger partial charge >= 0.3 is 17.9 Å². The lowest BCUT2D eigenvalue weighted by atomic mass is 10.1. The first-order valence-electron chi connectivity index (χ1n) is 29.7. The van der Waals surface area contributed by atoms with Crippen molar-refractivity contribution < 1.29 is 28.6 Å². The van der Waals surface area contributed by atoms with Crippen LogP contribution in [0.15, 0.2) is 134 Å². The SMILES string of the molecule is CC/C=C\C/C=C\C/C=C\C/C=C\C/C=C\C/C=C\CCC(=O)OCC(COC(=O)CCCCCC/C=C\C/C=C\C/C=C\C/C=C\CC)OC(=O)CCCCCCCCCCC/C=C\CCCCCCCC. The molecule has 0 aromatic carbocycles. The Labute approximate surface area is 449 Å². The monoisotopic (exact) mass is 1010 g/mol. The van der Waals surface area contributed by atoms with Crippen LogP contribution in [-0.2, 0) is 28.6 Å². The predicted molar refractivity (Wildman–Crippen MR) is 316 cm³/mol. The molecule has 0 heterocycles. The molecule has 6 heteroatoms. The van der Waals surface area contributed by atoms with Gasteiger partial charge in [0.2, 0.25) is 0 Å². The number of ether oxygens (including phenoxy) is 3. The van der Waals surface area contributed by atoms with Crippen molar-refractivity contribution in [2.24, 2.45) is 0 Å². The van der Waals surface area contributed by atoms with Gasteiger partial charge in [0, 0.05) is 19.3 Å². The quantitative estimate of drug-likeness (QED) is 0.0261. The maximum atomic E-state index is 12.9. The Morgan fingerprint density at radius 3 is 0.932 bits per heavy atom. The van der Waals surface area contributed by atoms with Crippen molar-refractivity contribution in [3.8, 4) is 0 Å². The summed E-state index contributed by atoms with van der Waals surface area (Å²) in [6.45, 7) is 6.32. The topological polar surface area (TPSA) is 78.9 Å². The second-order valence-corrected chi connectivity index (χ2v) is 19.1. The van der Waals surface area contributed by atoms with E-state index in [1.807, 2.05) is 6.08 Å². The molecule has 0 aromatic heterocycles. The summed E-state index contributed by atoms with van der Waals surface area (Å²) >= 11 is 0. The molecule has 0 aliphatic carbocycles. The molecule has 0 saturated heterocycles. The van der Waals surface area contributed by atoms with Gasteiger partial charge in [-0.05, 0) is 122 Å². The van der Waals surface area contributed by atoms with E-state index in [0.29, 0.717) is 19.3 Å². The summed E-state index contributed by atoms with van der Waals surface area (Å²) in [5.74, 6) is -1.03. The molecule has 1 unspecified atom stereocenters. The molecule has 6 nitrogen and oxygen atoms in total. The fourth-order valence-electron chi connectivity index (χ4n) is 7.75. The molecular formula is C67H108O6. The van der Waals surface area contributed by atoms with Crippen LogP contribution in [0.4, 0.5) is 0 Å². The minimum absolute atomic E-state index is 0.119. The first-order valence-corrected chi connectivity index (χ1v) is 29.7. The fraction of sp³-hybridized carbons (Fsp3) is 0.627. The van der Waals surface area contributed by atoms with Gasteiger partial charge in [0.25, 0.3) is 0 Å². The van der Waals surface area contributed by atoms with Crippen LogP contribution in [0, 0.1) is 0 Å². The van der Waals surface area contributed by atoms with Crippen LogP contribution < -0.4 is 0 Å². The average Bonchev–Trinajstić information content (AvgIpc) is 3.39. The van der Waals surface area contributed by atoms with Gasteiger partial charge in [-0.15, -0.1) is 0 Å². The highest BCUT2D eigenvalue weighted by molar-refractivity contribution is 5.71. The van der Waals surface area contributed by atoms with E-state index in [0.717, 1.165) is 116 Å². The van der Waals surface area contributed by atoms with Crippen molar-refractivity contribution in [3.63, 3.8) is 0 Å². The highest BCUT2D eigenvalue weighted by Gasteiger charge is 2.19. The minimum Gasteiger partial charge on any atom is -0.462 e. The third kappa shape index (κ3) is 58.3. The Kier molecular flexibility index (Phi) is 56.4. The van der Waals surface area contributed by atoms with Gasteiger partial charge in [-0.25, -0.2) is 0 Å². The Morgan fingerprint density at radius 1 is 0.288 bits per heavy atom. The molecular weight excluding hydrogens is 901 g/mol. The van der Waals surface area contributed by atoms with Crippen LogP contribution in [0.5, 0.6) is 0 Å². The van der Waals surface area contributed by atoms with Crippen molar-refractivity contribution in [1.29, 1.82) is 0 Å². The standard InChI is InChI=1S/C67H108O6/c1-4-7-10-13-16-19-22-25-28-31-33-36-39-42-45-48-51-54-57-60-66(69)72-63-64(62-71-65(68)59-56-53-50-47-44-41-38-35-30-27-24-21-18-15-12-9-6-3)73-67(70)61-58-55-52-49-46-43-40-37-34-32-29-26-23-20-17-14-11-8-5-2/h7,9-10,12,16,18-19,21,25-30,33,36,38,41-42,45,51,54,64H,4-6,8,11,13-15,17,20,22-24,31-32,34-35,37,39-40,43-44,46-50,52-53,55-63H2,1-3H3/b10-7-,12-9-,19-16-,21-18-,28-25-,29-26-,30-27-,36-33-,41-38-,45-42-,54-51-. The lowest BCUT2D eigenvalue weighted by Crippen LogP contribution is -2.30. The summed E-state index contributed by atoms with van der Waals surface area (Å²) in [7, 11) is 0. The molecule has 0 aromatic rings. The van der Waals surface area contributed by atoms with Crippen LogP contribution in [0.1, 0.15) is 252 Å². The summed E-state index contributed by atoms with van der Waals surface area (Å²) in [6, 6.07) is 0. The smallest absolute Gasteiger partial charge is 0.306 e. The fourth-order valence-corrected chi connectivity index (χ4v) is 7.75. The van der Waals surface area contributed by atoms with E-state index < -0.39 is 6.10 Å². The zero-order valence-corrected chi connectivity index (χ0v) is 47.1. The van der Waals surface area contributed by atoms with Crippen molar-refractivity contribution in [2.45, 2.75) is 258 Å². The third-order valence-corrected chi connectivity index (χ3v) is 12.1. The van der Waals surface area contributed by atoms with Crippen molar-refractivity contribution >= 4 is 17.9 Å². The van der Waals surface area contributed by atoms with Crippen molar-refractivity contribution in [2.75, 3.05) is 13.2 Å². The zero-order chi connectivity index (χ0) is 52.9. The molecule has 1 atom stereocenters. The number of hydrogen-bond donors (Lipinski definition) is 0. The summed E-state index contributed by atoms with van der Waals surface area (Å²) in [6.07, 6.45) is 84.5. The first kappa shape index (κ1) is 68.6. The molecule has 0 aliphatic heterocycles. The molecule has 0 bridgehead atoms. The maximum absolute atomic E-state index is 12.9. The minimum atomic E-state index is -0.826. The van der Waals surface area contributed by atoms with Gasteiger partial charge in [-0.2, -0.15) is 0 Å². The predicted octanol–water partition coefficient (Wildman–Crippen LogP) is 20.2. The van der Waals surface area contributed by atoms with Gasteiger partial charge in [0.15, 0.2) is 6.10 Å². The Hall–Kier alpha value is -4.45. The lowest BCUT2D eigenvalue weighted by molar-refractivity contribution is -0.166. The second kappa shape index (κ2) is 60.1. The molecule has 0 rings (SSSR count). The molecule has 0 radical (unpaired) electrons. The van der Waals surface area contributed by atoms with Crippen LogP contribution in [-0.4, -0.2) is 37.2 Å². The summed E-state index contributed by atoms with van der Waals surface area (Å²) in [4.78, 5) is 38.2. The zero-order valence-electron chi connectivity index (χ0n) is 47.1. The van der Waals surface area contributed by atoms with Gasteiger partial charge < -0.3 is 14.2 Å². The van der Waals surface area contributed by atoms with Gasteiger partial charge in [0.1, 0.15) is 13.2 Å². The van der Waals surface area contributed by atoms with E-state index in [9.17, 15) is 14.4 Å². The highest BCUT2D eigenvalue weighted by atomic mass is 16.6. The largest absolute Gasteiger partial charge is 0.462 e. The number of esters is 3. The molecule has 0 aliphatic rings. The van der Waals surface area contributed by atoms with Crippen molar-refractivity contribution in [3.05, 3.63) is 134 Å². The number of rotatable bonds is 52. The van der Waals surface area contributed by atoms with Crippen LogP contribution in [0.2, 0.25) is 0 Å². The van der Waals surface area contributed by atoms with Crippen LogP contribution in [0.25, 0.3) is 0 Å². The number of hydrogen-bond acceptors (Lipinski definition) is 6. The van der Waals surface area contributed by atoms with Gasteiger partial charge in [0.05, 0.1) is 0 Å². The molecule has 73 heavy (non-hydrogen) atoms. The third-order valence-electron chi connectivity index (χ3n) is 12.1. The molecule has 0 N–H and O–H groups in total. The first-order chi connectivity index (χ1) is 36.0. The molecule has 412 valence electrons.